The maximum absolute atomic E-state index is 13.1. The lowest BCUT2D eigenvalue weighted by atomic mass is 10.1. The van der Waals surface area contributed by atoms with Gasteiger partial charge in [0, 0.05) is 0 Å². The molecule has 0 aromatic carbocycles. The van der Waals surface area contributed by atoms with Crippen LogP contribution in [0.2, 0.25) is 0 Å². The lowest BCUT2D eigenvalue weighted by Crippen LogP contribution is -2.24. The highest BCUT2D eigenvalue weighted by Crippen LogP contribution is 2.51. The van der Waals surface area contributed by atoms with Crippen LogP contribution < -0.4 is 17.0 Å². The summed E-state index contributed by atoms with van der Waals surface area (Å²) in [5, 5.41) is 0. The van der Waals surface area contributed by atoms with E-state index in [0.717, 1.165) is 6.33 Å². The third-order valence-electron chi connectivity index (χ3n) is 6.91. The predicted molar refractivity (Wildman–Crippen MR) is 147 cm³/mol. The normalized spacial score (nSPS) is 25.7. The van der Waals surface area contributed by atoms with Crippen molar-refractivity contribution in [1.82, 2.24) is 39.0 Å². The van der Waals surface area contributed by atoms with E-state index in [1.165, 1.54) is 17.2 Å². The molecule has 2 saturated heterocycles. The molecule has 0 spiro atoms. The number of H-pyrrole nitrogens is 1. The Morgan fingerprint density at radius 2 is 1.75 bits per heavy atom. The van der Waals surface area contributed by atoms with E-state index >= 15 is 0 Å². The van der Waals surface area contributed by atoms with Crippen molar-refractivity contribution in [3.63, 3.8) is 0 Å². The Hall–Kier alpha value is -3.62. The minimum absolute atomic E-state index is 0.0218. The zero-order valence-corrected chi connectivity index (χ0v) is 24.2. The van der Waals surface area contributed by atoms with Crippen LogP contribution in [0.1, 0.15) is 25.3 Å². The van der Waals surface area contributed by atoms with E-state index in [1.54, 1.807) is 4.57 Å². The fraction of sp³-hybridized carbons (Fsp3) is 0.429. The number of ether oxygens (including phenoxy) is 2. The minimum atomic E-state index is -4.92. The molecule has 6 rings (SSSR count). The third kappa shape index (κ3) is 6.02. The fourth-order valence-electron chi connectivity index (χ4n) is 4.91. The number of aromatic amines is 1. The molecule has 2 fully saturated rings. The molecule has 6 atom stereocenters. The number of phosphoric acid groups is 2. The van der Waals surface area contributed by atoms with Gasteiger partial charge >= 0.3 is 15.6 Å². The molecule has 1 unspecified atom stereocenters. The summed E-state index contributed by atoms with van der Waals surface area (Å²) in [5.41, 5.74) is 11.5. The van der Waals surface area contributed by atoms with E-state index in [-0.39, 0.29) is 35.1 Å². The molecule has 0 aliphatic carbocycles. The molecule has 2 aliphatic heterocycles. The summed E-state index contributed by atoms with van der Waals surface area (Å²) >= 11 is 0. The Labute approximate surface area is 245 Å². The van der Waals surface area contributed by atoms with Gasteiger partial charge in [0.25, 0.3) is 5.56 Å². The first-order chi connectivity index (χ1) is 20.8. The number of aromatic nitrogens is 8. The Morgan fingerprint density at radius 1 is 1.00 bits per heavy atom. The van der Waals surface area contributed by atoms with E-state index in [9.17, 15) is 18.8 Å². The van der Waals surface area contributed by atoms with Crippen LogP contribution in [0.3, 0.4) is 0 Å². The molecule has 6 heterocycles. The molecule has 44 heavy (non-hydrogen) atoms. The molecule has 0 radical (unpaired) electrons. The number of anilines is 2. The first kappa shape index (κ1) is 30.4. The molecule has 236 valence electrons. The maximum atomic E-state index is 13.1. The second-order valence-electron chi connectivity index (χ2n) is 9.82. The van der Waals surface area contributed by atoms with Gasteiger partial charge in [-0.15, -0.1) is 0 Å². The van der Waals surface area contributed by atoms with E-state index in [2.05, 4.69) is 41.0 Å². The van der Waals surface area contributed by atoms with Crippen molar-refractivity contribution in [2.75, 3.05) is 24.7 Å². The summed E-state index contributed by atoms with van der Waals surface area (Å²) in [4.78, 5) is 63.9. The second kappa shape index (κ2) is 11.4. The number of nitrogens with two attached hydrogens (primary N) is 2. The molecule has 0 bridgehead atoms. The third-order valence-corrected chi connectivity index (χ3v) is 8.37. The van der Waals surface area contributed by atoms with Crippen LogP contribution in [0.25, 0.3) is 22.3 Å². The Morgan fingerprint density at radius 3 is 2.52 bits per heavy atom. The van der Waals surface area contributed by atoms with Gasteiger partial charge < -0.3 is 35.6 Å². The zero-order valence-electron chi connectivity index (χ0n) is 22.4. The number of hydrogen-bond acceptors (Lipinski definition) is 15. The van der Waals surface area contributed by atoms with Gasteiger partial charge in [0.15, 0.2) is 28.9 Å². The maximum Gasteiger partial charge on any atom is 0.473 e. The van der Waals surface area contributed by atoms with Gasteiger partial charge in [0.05, 0.1) is 32.0 Å². The number of fused-ring (bicyclic) bond motifs is 2. The summed E-state index contributed by atoms with van der Waals surface area (Å²) < 4.78 is 54.4. The van der Waals surface area contributed by atoms with Crippen molar-refractivity contribution in [1.29, 1.82) is 0 Å². The van der Waals surface area contributed by atoms with Gasteiger partial charge in [0.1, 0.15) is 30.3 Å². The molecule has 8 N–H and O–H groups in total. The van der Waals surface area contributed by atoms with Crippen molar-refractivity contribution >= 4 is 49.7 Å². The number of phosphoric ester groups is 2. The SMILES string of the molecule is C=C1[C@@H](OP(=O)(O)OC[C@@H]2CC[C@H](n3cnc4c(N)ncnc43)O2)[C@H](n2cnc3c(=O)[nH]c(N)nc32)O[C@@H]1COP(=O)(O)O. The van der Waals surface area contributed by atoms with Crippen LogP contribution in [-0.2, 0) is 32.2 Å². The summed E-state index contributed by atoms with van der Waals surface area (Å²) in [6.45, 7) is 2.79. The molecule has 23 heteroatoms. The Bertz CT molecular complexity index is 1890. The number of rotatable bonds is 10. The smallest absolute Gasteiger partial charge is 0.382 e. The average molecular weight is 656 g/mol. The van der Waals surface area contributed by atoms with Crippen molar-refractivity contribution in [2.24, 2.45) is 0 Å². The Balaban J connectivity index is 1.17. The van der Waals surface area contributed by atoms with Gasteiger partial charge in [-0.25, -0.2) is 29.1 Å². The van der Waals surface area contributed by atoms with Crippen LogP contribution in [0.5, 0.6) is 0 Å². The highest BCUT2D eigenvalue weighted by Gasteiger charge is 2.46. The highest BCUT2D eigenvalue weighted by atomic mass is 31.2. The summed E-state index contributed by atoms with van der Waals surface area (Å²) in [6.07, 6.45) is -0.215. The van der Waals surface area contributed by atoms with Crippen molar-refractivity contribution < 1.29 is 46.9 Å². The standard InChI is InChI=1S/C21H26N10O11P2/c1-9-11(5-38-43(33,34)35)41-20(31-8-27-14-18(31)28-21(23)29-19(14)32)15(9)42-44(36,37)39-4-10-2-3-12(40-10)30-7-26-13-16(22)24-6-25-17(13)30/h6-8,10-12,15,20H,1-5H2,(H,36,37)(H2,22,24,25)(H2,33,34,35)(H3,23,28,29,32)/t10-,11+,12+,15+,20+/m0/s1. The topological polar surface area (TPSA) is 300 Å². The van der Waals surface area contributed by atoms with Crippen molar-refractivity contribution in [2.45, 2.75) is 43.6 Å². The predicted octanol–water partition coefficient (Wildman–Crippen LogP) is -0.133. The first-order valence-corrected chi connectivity index (χ1v) is 15.8. The van der Waals surface area contributed by atoms with Gasteiger partial charge in [-0.2, -0.15) is 4.98 Å². The number of nitrogen functional groups attached to an aromatic ring is 2. The molecule has 0 saturated carbocycles. The fourth-order valence-corrected chi connectivity index (χ4v) is 6.18. The van der Waals surface area contributed by atoms with Crippen LogP contribution >= 0.6 is 15.6 Å². The number of imidazole rings is 2. The molecule has 21 nitrogen and oxygen atoms in total. The average Bonchev–Trinajstić information content (AvgIpc) is 3.73. The van der Waals surface area contributed by atoms with E-state index < -0.39 is 58.6 Å². The molecule has 0 amide bonds. The quantitative estimate of drug-likeness (QED) is 0.0956. The molecular weight excluding hydrogens is 630 g/mol. The molecule has 2 aliphatic rings. The lowest BCUT2D eigenvalue weighted by Gasteiger charge is -2.23. The summed E-state index contributed by atoms with van der Waals surface area (Å²) in [5.74, 6) is -0.0309. The number of nitrogens with zero attached hydrogens (tertiary/aromatic N) is 7. The zero-order chi connectivity index (χ0) is 31.4. The van der Waals surface area contributed by atoms with E-state index in [1.807, 2.05) is 0 Å². The van der Waals surface area contributed by atoms with E-state index in [0.29, 0.717) is 24.0 Å². The van der Waals surface area contributed by atoms with E-state index in [4.69, 9.17) is 39.8 Å². The molecule has 4 aromatic rings. The van der Waals surface area contributed by atoms with Gasteiger partial charge in [0.2, 0.25) is 5.95 Å². The highest BCUT2D eigenvalue weighted by molar-refractivity contribution is 7.47. The van der Waals surface area contributed by atoms with Gasteiger partial charge in [-0.05, 0) is 18.4 Å². The molecule has 4 aromatic heterocycles. The first-order valence-electron chi connectivity index (χ1n) is 12.8. The van der Waals surface area contributed by atoms with Crippen LogP contribution in [-0.4, -0.2) is 85.2 Å². The van der Waals surface area contributed by atoms with Crippen molar-refractivity contribution in [3.05, 3.63) is 41.5 Å². The minimum Gasteiger partial charge on any atom is -0.382 e. The summed E-state index contributed by atoms with van der Waals surface area (Å²) in [6, 6.07) is 0. The van der Waals surface area contributed by atoms with Gasteiger partial charge in [-0.3, -0.25) is 32.5 Å². The van der Waals surface area contributed by atoms with Gasteiger partial charge in [-0.1, -0.05) is 6.58 Å². The number of nitrogens with one attached hydrogen (secondary N) is 1. The number of hydrogen-bond donors (Lipinski definition) is 6. The van der Waals surface area contributed by atoms with Crippen molar-refractivity contribution in [3.8, 4) is 0 Å². The second-order valence-corrected chi connectivity index (χ2v) is 12.5. The van der Waals surface area contributed by atoms with Crippen LogP contribution in [0, 0.1) is 0 Å². The van der Waals surface area contributed by atoms with Crippen LogP contribution in [0.4, 0.5) is 11.8 Å². The monoisotopic (exact) mass is 656 g/mol. The Kier molecular flexibility index (Phi) is 7.87. The summed E-state index contributed by atoms with van der Waals surface area (Å²) in [7, 11) is -9.79. The van der Waals surface area contributed by atoms with Crippen LogP contribution in [0.15, 0.2) is 35.9 Å². The largest absolute Gasteiger partial charge is 0.473 e. The lowest BCUT2D eigenvalue weighted by molar-refractivity contribution is -0.0530. The molecular formula is C21H26N10O11P2.